The fourth-order valence-electron chi connectivity index (χ4n) is 2.08. The Hall–Kier alpha value is -1.06. The highest BCUT2D eigenvalue weighted by molar-refractivity contribution is 5.86. The molecule has 1 N–H and O–H groups in total. The molecule has 0 spiro atoms. The van der Waals surface area contributed by atoms with Gasteiger partial charge in [-0.2, -0.15) is 0 Å². The number of amides is 1. The molecule has 1 heterocycles. The Labute approximate surface area is 77.5 Å². The number of carbonyl (C=O) groups is 2. The number of nitrogens with zero attached hydrogens (tertiary/aromatic N) is 1. The molecule has 0 aromatic carbocycles. The Bertz CT molecular complexity index is 239. The summed E-state index contributed by atoms with van der Waals surface area (Å²) in [6, 6.07) is 0. The summed E-state index contributed by atoms with van der Waals surface area (Å²) in [6.45, 7) is 3.82. The van der Waals surface area contributed by atoms with Crippen LogP contribution in [0.25, 0.3) is 0 Å². The Morgan fingerprint density at radius 3 is 2.46 bits per heavy atom. The van der Waals surface area contributed by atoms with Crippen molar-refractivity contribution < 1.29 is 14.7 Å². The van der Waals surface area contributed by atoms with E-state index in [1.54, 1.807) is 0 Å². The van der Waals surface area contributed by atoms with Crippen molar-refractivity contribution in [2.24, 2.45) is 0 Å². The number of carboxylic acid groups (broad SMARTS) is 1. The minimum Gasteiger partial charge on any atom is -0.479 e. The molecule has 1 unspecified atom stereocenters. The fourth-order valence-corrected chi connectivity index (χ4v) is 2.08. The third-order valence-electron chi connectivity index (χ3n) is 2.85. The summed E-state index contributed by atoms with van der Waals surface area (Å²) in [5, 5.41) is 9.09. The first-order valence-electron chi connectivity index (χ1n) is 4.56. The van der Waals surface area contributed by atoms with E-state index in [1.165, 1.54) is 11.8 Å². The molecule has 1 aliphatic heterocycles. The lowest BCUT2D eigenvalue weighted by Gasteiger charge is -2.32. The average Bonchev–Trinajstić information content (AvgIpc) is 2.48. The van der Waals surface area contributed by atoms with Gasteiger partial charge in [0.05, 0.1) is 0 Å². The van der Waals surface area contributed by atoms with E-state index in [1.807, 2.05) is 6.92 Å². The summed E-state index contributed by atoms with van der Waals surface area (Å²) < 4.78 is 0. The zero-order valence-corrected chi connectivity index (χ0v) is 8.04. The first kappa shape index (κ1) is 10.0. The maximum atomic E-state index is 11.2. The molecule has 13 heavy (non-hydrogen) atoms. The van der Waals surface area contributed by atoms with Crippen LogP contribution in [0.4, 0.5) is 0 Å². The van der Waals surface area contributed by atoms with E-state index in [-0.39, 0.29) is 5.91 Å². The SMILES string of the molecule is CCC1(C(=O)O)CCCN1C(C)=O. The summed E-state index contributed by atoms with van der Waals surface area (Å²) in [7, 11) is 0. The molecule has 1 amide bonds. The molecular formula is C9H15NO3. The molecule has 1 fully saturated rings. The highest BCUT2D eigenvalue weighted by Gasteiger charge is 2.47. The van der Waals surface area contributed by atoms with Gasteiger partial charge in [-0.1, -0.05) is 6.92 Å². The maximum Gasteiger partial charge on any atom is 0.329 e. The van der Waals surface area contributed by atoms with Crippen molar-refractivity contribution in [2.75, 3.05) is 6.54 Å². The molecule has 74 valence electrons. The lowest BCUT2D eigenvalue weighted by Crippen LogP contribution is -2.51. The molecule has 0 aliphatic carbocycles. The Balaban J connectivity index is 2.96. The lowest BCUT2D eigenvalue weighted by atomic mass is 9.93. The molecule has 0 aromatic rings. The van der Waals surface area contributed by atoms with Crippen molar-refractivity contribution in [1.29, 1.82) is 0 Å². The van der Waals surface area contributed by atoms with Crippen LogP contribution in [-0.2, 0) is 9.59 Å². The topological polar surface area (TPSA) is 57.6 Å². The molecule has 1 rings (SSSR count). The first-order valence-corrected chi connectivity index (χ1v) is 4.56. The van der Waals surface area contributed by atoms with Gasteiger partial charge in [0.2, 0.25) is 5.91 Å². The lowest BCUT2D eigenvalue weighted by molar-refractivity contribution is -0.156. The summed E-state index contributed by atoms with van der Waals surface area (Å²) in [5.74, 6) is -1.01. The van der Waals surface area contributed by atoms with Crippen LogP contribution in [0.5, 0.6) is 0 Å². The molecule has 0 radical (unpaired) electrons. The monoisotopic (exact) mass is 185 g/mol. The minimum atomic E-state index is -0.925. The van der Waals surface area contributed by atoms with E-state index in [0.29, 0.717) is 19.4 Å². The van der Waals surface area contributed by atoms with E-state index in [0.717, 1.165) is 6.42 Å². The van der Waals surface area contributed by atoms with Gasteiger partial charge in [-0.15, -0.1) is 0 Å². The number of carboxylic acids is 1. The average molecular weight is 185 g/mol. The van der Waals surface area contributed by atoms with Gasteiger partial charge in [-0.05, 0) is 19.3 Å². The van der Waals surface area contributed by atoms with Crippen molar-refractivity contribution in [3.05, 3.63) is 0 Å². The van der Waals surface area contributed by atoms with Crippen molar-refractivity contribution in [3.63, 3.8) is 0 Å². The first-order chi connectivity index (χ1) is 6.04. The van der Waals surface area contributed by atoms with Crippen molar-refractivity contribution in [3.8, 4) is 0 Å². The molecule has 0 saturated carbocycles. The van der Waals surface area contributed by atoms with E-state index in [9.17, 15) is 9.59 Å². The van der Waals surface area contributed by atoms with Crippen LogP contribution in [0, 0.1) is 0 Å². The Morgan fingerprint density at radius 2 is 2.15 bits per heavy atom. The van der Waals surface area contributed by atoms with Gasteiger partial charge in [0.25, 0.3) is 0 Å². The number of rotatable bonds is 2. The number of hydrogen-bond acceptors (Lipinski definition) is 2. The Morgan fingerprint density at radius 1 is 1.54 bits per heavy atom. The predicted molar refractivity (Wildman–Crippen MR) is 47.3 cm³/mol. The second kappa shape index (κ2) is 3.36. The van der Waals surface area contributed by atoms with Crippen molar-refractivity contribution >= 4 is 11.9 Å². The second-order valence-electron chi connectivity index (χ2n) is 3.46. The van der Waals surface area contributed by atoms with Crippen LogP contribution in [0.1, 0.15) is 33.1 Å². The summed E-state index contributed by atoms with van der Waals surface area (Å²) in [5.41, 5.74) is -0.925. The van der Waals surface area contributed by atoms with Crippen molar-refractivity contribution in [2.45, 2.75) is 38.6 Å². The van der Waals surface area contributed by atoms with Gasteiger partial charge in [-0.25, -0.2) is 4.79 Å². The van der Waals surface area contributed by atoms with Crippen LogP contribution in [0.2, 0.25) is 0 Å². The minimum absolute atomic E-state index is 0.137. The smallest absolute Gasteiger partial charge is 0.329 e. The van der Waals surface area contributed by atoms with Crippen LogP contribution in [0.15, 0.2) is 0 Å². The quantitative estimate of drug-likeness (QED) is 0.694. The fraction of sp³-hybridized carbons (Fsp3) is 0.778. The van der Waals surface area contributed by atoms with E-state index < -0.39 is 11.5 Å². The van der Waals surface area contributed by atoms with Crippen LogP contribution < -0.4 is 0 Å². The molecule has 4 heteroatoms. The summed E-state index contributed by atoms with van der Waals surface area (Å²) >= 11 is 0. The van der Waals surface area contributed by atoms with Gasteiger partial charge in [0.15, 0.2) is 0 Å². The van der Waals surface area contributed by atoms with Gasteiger partial charge < -0.3 is 10.0 Å². The zero-order chi connectivity index (χ0) is 10.1. The normalized spacial score (nSPS) is 27.7. The van der Waals surface area contributed by atoms with Crippen molar-refractivity contribution in [1.82, 2.24) is 4.90 Å². The summed E-state index contributed by atoms with van der Waals surface area (Å²) in [4.78, 5) is 23.7. The highest BCUT2D eigenvalue weighted by Crippen LogP contribution is 2.32. The maximum absolute atomic E-state index is 11.2. The zero-order valence-electron chi connectivity index (χ0n) is 8.04. The van der Waals surface area contributed by atoms with Crippen LogP contribution in [-0.4, -0.2) is 34.0 Å². The molecular weight excluding hydrogens is 170 g/mol. The van der Waals surface area contributed by atoms with E-state index >= 15 is 0 Å². The number of aliphatic carboxylic acids is 1. The van der Waals surface area contributed by atoms with Gasteiger partial charge in [-0.3, -0.25) is 4.79 Å². The van der Waals surface area contributed by atoms with Gasteiger partial charge in [0, 0.05) is 13.5 Å². The third kappa shape index (κ3) is 1.41. The molecule has 4 nitrogen and oxygen atoms in total. The second-order valence-corrected chi connectivity index (χ2v) is 3.46. The number of hydrogen-bond donors (Lipinski definition) is 1. The molecule has 0 bridgehead atoms. The number of likely N-dealkylation sites (tertiary alicyclic amines) is 1. The number of carbonyl (C=O) groups excluding carboxylic acids is 1. The standard InChI is InChI=1S/C9H15NO3/c1-3-9(8(12)13)5-4-6-10(9)7(2)11/h3-6H2,1-2H3,(H,12,13). The molecule has 0 aromatic heterocycles. The van der Waals surface area contributed by atoms with Gasteiger partial charge >= 0.3 is 5.97 Å². The Kier molecular flexibility index (Phi) is 2.59. The van der Waals surface area contributed by atoms with Crippen LogP contribution >= 0.6 is 0 Å². The molecule has 1 atom stereocenters. The van der Waals surface area contributed by atoms with E-state index in [2.05, 4.69) is 0 Å². The third-order valence-corrected chi connectivity index (χ3v) is 2.85. The van der Waals surface area contributed by atoms with E-state index in [4.69, 9.17) is 5.11 Å². The van der Waals surface area contributed by atoms with Gasteiger partial charge in [0.1, 0.15) is 5.54 Å². The van der Waals surface area contributed by atoms with Crippen LogP contribution in [0.3, 0.4) is 0 Å². The largest absolute Gasteiger partial charge is 0.479 e. The highest BCUT2D eigenvalue weighted by atomic mass is 16.4. The molecule has 1 aliphatic rings. The summed E-state index contributed by atoms with van der Waals surface area (Å²) in [6.07, 6.45) is 1.86. The predicted octanol–water partition coefficient (Wildman–Crippen LogP) is 0.862. The molecule has 1 saturated heterocycles.